The molecule has 0 aliphatic heterocycles. The lowest BCUT2D eigenvalue weighted by Crippen LogP contribution is -2.14. The minimum atomic E-state index is -0.407. The predicted octanol–water partition coefficient (Wildman–Crippen LogP) is 3.98. The van der Waals surface area contributed by atoms with Crippen LogP contribution in [0, 0.1) is 15.5 Å². The molecule has 0 unspecified atom stereocenters. The molecule has 1 aliphatic carbocycles. The molecule has 0 amide bonds. The standard InChI is InChI=1S/C15H22N2O3/c1-4-15(7-8-15)10-16-12-5-6-13(17(18)19)14(9-12)20-11(2)3/h5-6,9,11,16H,4,7-8,10H2,1-3H3. The van der Waals surface area contributed by atoms with Crippen LogP contribution < -0.4 is 10.1 Å². The zero-order chi connectivity index (χ0) is 14.8. The van der Waals surface area contributed by atoms with Crippen LogP contribution in [-0.4, -0.2) is 17.6 Å². The molecule has 1 N–H and O–H groups in total. The summed E-state index contributed by atoms with van der Waals surface area (Å²) in [7, 11) is 0. The van der Waals surface area contributed by atoms with E-state index in [1.165, 1.54) is 25.3 Å². The molecule has 1 aromatic rings. The second kappa shape index (κ2) is 5.69. The largest absolute Gasteiger partial charge is 0.484 e. The summed E-state index contributed by atoms with van der Waals surface area (Å²) in [4.78, 5) is 10.6. The van der Waals surface area contributed by atoms with Crippen LogP contribution in [0.15, 0.2) is 18.2 Å². The molecular formula is C15H22N2O3. The van der Waals surface area contributed by atoms with Gasteiger partial charge >= 0.3 is 5.69 Å². The smallest absolute Gasteiger partial charge is 0.311 e. The molecule has 1 aliphatic rings. The van der Waals surface area contributed by atoms with Crippen LogP contribution in [0.25, 0.3) is 0 Å². The number of hydrogen-bond donors (Lipinski definition) is 1. The minimum Gasteiger partial charge on any atom is -0.484 e. The van der Waals surface area contributed by atoms with Gasteiger partial charge in [0.2, 0.25) is 0 Å². The van der Waals surface area contributed by atoms with E-state index < -0.39 is 4.92 Å². The molecule has 0 bridgehead atoms. The molecule has 1 saturated carbocycles. The van der Waals surface area contributed by atoms with E-state index in [4.69, 9.17) is 4.74 Å². The second-order valence-electron chi connectivity index (χ2n) is 5.81. The number of ether oxygens (including phenoxy) is 1. The molecule has 2 rings (SSSR count). The van der Waals surface area contributed by atoms with Crippen molar-refractivity contribution in [2.45, 2.75) is 46.1 Å². The number of anilines is 1. The van der Waals surface area contributed by atoms with E-state index in [0.717, 1.165) is 12.2 Å². The topological polar surface area (TPSA) is 64.4 Å². The fourth-order valence-corrected chi connectivity index (χ4v) is 2.24. The van der Waals surface area contributed by atoms with Crippen molar-refractivity contribution >= 4 is 11.4 Å². The third-order valence-corrected chi connectivity index (χ3v) is 3.89. The van der Waals surface area contributed by atoms with Crippen molar-refractivity contribution in [3.8, 4) is 5.75 Å². The van der Waals surface area contributed by atoms with Gasteiger partial charge in [0.1, 0.15) is 0 Å². The third kappa shape index (κ3) is 3.40. The SMILES string of the molecule is CCC1(CNc2ccc([N+](=O)[O-])c(OC(C)C)c2)CC1. The first-order chi connectivity index (χ1) is 9.46. The Kier molecular flexibility index (Phi) is 4.16. The van der Waals surface area contributed by atoms with Crippen molar-refractivity contribution in [3.63, 3.8) is 0 Å². The van der Waals surface area contributed by atoms with Gasteiger partial charge in [-0.05, 0) is 44.6 Å². The van der Waals surface area contributed by atoms with E-state index in [1.807, 2.05) is 13.8 Å². The van der Waals surface area contributed by atoms with Gasteiger partial charge in [0, 0.05) is 24.4 Å². The molecule has 5 nitrogen and oxygen atoms in total. The highest BCUT2D eigenvalue weighted by Crippen LogP contribution is 2.48. The van der Waals surface area contributed by atoms with E-state index in [0.29, 0.717) is 11.2 Å². The predicted molar refractivity (Wildman–Crippen MR) is 79.3 cm³/mol. The Morgan fingerprint density at radius 3 is 2.65 bits per heavy atom. The van der Waals surface area contributed by atoms with Crippen molar-refractivity contribution in [2.75, 3.05) is 11.9 Å². The van der Waals surface area contributed by atoms with E-state index in [1.54, 1.807) is 12.1 Å². The van der Waals surface area contributed by atoms with Crippen LogP contribution in [0.2, 0.25) is 0 Å². The number of hydrogen-bond acceptors (Lipinski definition) is 4. The first-order valence-electron chi connectivity index (χ1n) is 7.15. The molecule has 0 spiro atoms. The van der Waals surface area contributed by atoms with Crippen molar-refractivity contribution in [3.05, 3.63) is 28.3 Å². The van der Waals surface area contributed by atoms with Crippen LogP contribution in [0.1, 0.15) is 40.0 Å². The summed E-state index contributed by atoms with van der Waals surface area (Å²) in [5.74, 6) is 0.330. The Balaban J connectivity index is 2.12. The number of benzene rings is 1. The van der Waals surface area contributed by atoms with Crippen molar-refractivity contribution in [1.82, 2.24) is 0 Å². The average molecular weight is 278 g/mol. The molecule has 0 aromatic heterocycles. The summed E-state index contributed by atoms with van der Waals surface area (Å²) in [6, 6.07) is 4.98. The Labute approximate surface area is 119 Å². The second-order valence-corrected chi connectivity index (χ2v) is 5.81. The fraction of sp³-hybridized carbons (Fsp3) is 0.600. The third-order valence-electron chi connectivity index (χ3n) is 3.89. The van der Waals surface area contributed by atoms with E-state index in [-0.39, 0.29) is 11.8 Å². The molecule has 110 valence electrons. The van der Waals surface area contributed by atoms with Gasteiger partial charge < -0.3 is 10.1 Å². The number of nitro benzene ring substituents is 1. The zero-order valence-electron chi connectivity index (χ0n) is 12.3. The minimum absolute atomic E-state index is 0.0147. The lowest BCUT2D eigenvalue weighted by atomic mass is 10.0. The molecule has 1 fully saturated rings. The highest BCUT2D eigenvalue weighted by Gasteiger charge is 2.40. The maximum atomic E-state index is 11.0. The van der Waals surface area contributed by atoms with Gasteiger partial charge in [-0.2, -0.15) is 0 Å². The average Bonchev–Trinajstić information content (AvgIpc) is 3.16. The molecule has 1 aromatic carbocycles. The molecule has 0 atom stereocenters. The van der Waals surface area contributed by atoms with Crippen molar-refractivity contribution in [2.24, 2.45) is 5.41 Å². The quantitative estimate of drug-likeness (QED) is 0.605. The Morgan fingerprint density at radius 1 is 1.45 bits per heavy atom. The zero-order valence-corrected chi connectivity index (χ0v) is 12.3. The van der Waals surface area contributed by atoms with Gasteiger partial charge in [0.15, 0.2) is 5.75 Å². The molecule has 0 heterocycles. The van der Waals surface area contributed by atoms with Crippen LogP contribution in [0.4, 0.5) is 11.4 Å². The molecular weight excluding hydrogens is 256 g/mol. The van der Waals surface area contributed by atoms with Crippen molar-refractivity contribution < 1.29 is 9.66 Å². The Bertz CT molecular complexity index is 496. The van der Waals surface area contributed by atoms with Gasteiger partial charge in [-0.15, -0.1) is 0 Å². The van der Waals surface area contributed by atoms with Gasteiger partial charge in [-0.25, -0.2) is 0 Å². The molecule has 0 saturated heterocycles. The normalized spacial score (nSPS) is 16.0. The van der Waals surface area contributed by atoms with Gasteiger partial charge in [0.25, 0.3) is 0 Å². The molecule has 20 heavy (non-hydrogen) atoms. The van der Waals surface area contributed by atoms with Crippen LogP contribution in [0.5, 0.6) is 5.75 Å². The number of rotatable bonds is 7. The summed E-state index contributed by atoms with van der Waals surface area (Å²) < 4.78 is 5.54. The first kappa shape index (κ1) is 14.6. The maximum Gasteiger partial charge on any atom is 0.311 e. The van der Waals surface area contributed by atoms with Crippen molar-refractivity contribution in [1.29, 1.82) is 0 Å². The lowest BCUT2D eigenvalue weighted by molar-refractivity contribution is -0.386. The summed E-state index contributed by atoms with van der Waals surface area (Å²) in [5.41, 5.74) is 1.33. The molecule has 5 heteroatoms. The Morgan fingerprint density at radius 2 is 2.15 bits per heavy atom. The van der Waals surface area contributed by atoms with Gasteiger partial charge in [-0.1, -0.05) is 6.92 Å². The summed E-state index contributed by atoms with van der Waals surface area (Å²) in [6.45, 7) is 6.85. The first-order valence-corrected chi connectivity index (χ1v) is 7.15. The van der Waals surface area contributed by atoms with Crippen LogP contribution in [0.3, 0.4) is 0 Å². The monoisotopic (exact) mass is 278 g/mol. The highest BCUT2D eigenvalue weighted by atomic mass is 16.6. The number of nitrogens with zero attached hydrogens (tertiary/aromatic N) is 1. The Hall–Kier alpha value is -1.78. The van der Waals surface area contributed by atoms with Gasteiger partial charge in [-0.3, -0.25) is 10.1 Å². The molecule has 0 radical (unpaired) electrons. The van der Waals surface area contributed by atoms with Gasteiger partial charge in [0.05, 0.1) is 11.0 Å². The van der Waals surface area contributed by atoms with Crippen LogP contribution in [-0.2, 0) is 0 Å². The van der Waals surface area contributed by atoms with E-state index in [2.05, 4.69) is 12.2 Å². The number of nitro groups is 1. The lowest BCUT2D eigenvalue weighted by Gasteiger charge is -2.16. The van der Waals surface area contributed by atoms with Crippen LogP contribution >= 0.6 is 0 Å². The summed E-state index contributed by atoms with van der Waals surface area (Å²) in [5, 5.41) is 14.4. The van der Waals surface area contributed by atoms with E-state index >= 15 is 0 Å². The summed E-state index contributed by atoms with van der Waals surface area (Å²) >= 11 is 0. The van der Waals surface area contributed by atoms with E-state index in [9.17, 15) is 10.1 Å². The highest BCUT2D eigenvalue weighted by molar-refractivity contribution is 5.58. The maximum absolute atomic E-state index is 11.0. The number of nitrogens with one attached hydrogen (secondary N) is 1. The summed E-state index contributed by atoms with van der Waals surface area (Å²) in [6.07, 6.45) is 3.61. The fourth-order valence-electron chi connectivity index (χ4n) is 2.24.